The maximum atomic E-state index is 5.95. The van der Waals surface area contributed by atoms with Crippen LogP contribution >= 0.6 is 11.6 Å². The number of benzene rings is 1. The first-order valence-corrected chi connectivity index (χ1v) is 6.32. The van der Waals surface area contributed by atoms with Crippen molar-refractivity contribution in [2.24, 2.45) is 0 Å². The molecule has 0 radical (unpaired) electrons. The van der Waals surface area contributed by atoms with Crippen LogP contribution in [-0.4, -0.2) is 26.8 Å². The van der Waals surface area contributed by atoms with Gasteiger partial charge in [-0.25, -0.2) is 4.98 Å². The Morgan fingerprint density at radius 2 is 2.21 bits per heavy atom. The quantitative estimate of drug-likeness (QED) is 0.692. The number of nitrogens with zero attached hydrogens (tertiary/aromatic N) is 3. The van der Waals surface area contributed by atoms with Gasteiger partial charge in [0.1, 0.15) is 5.75 Å². The van der Waals surface area contributed by atoms with E-state index in [9.17, 15) is 0 Å². The molecule has 1 N–H and O–H groups in total. The van der Waals surface area contributed by atoms with E-state index in [1.54, 1.807) is 6.20 Å². The Bertz CT molecular complexity index is 783. The number of hydrogen-bond acceptors (Lipinski definition) is 4. The Morgan fingerprint density at radius 1 is 1.26 bits per heavy atom. The number of fused-ring (bicyclic) bond motifs is 2. The minimum absolute atomic E-state index is 0.212. The maximum Gasteiger partial charge on any atom is 0.224 e. The third-order valence-corrected chi connectivity index (χ3v) is 3.41. The number of hydrogen-bond donors (Lipinski definition) is 1. The van der Waals surface area contributed by atoms with Gasteiger partial charge in [-0.1, -0.05) is 0 Å². The predicted molar refractivity (Wildman–Crippen MR) is 71.3 cm³/mol. The van der Waals surface area contributed by atoms with Gasteiger partial charge in [-0.2, -0.15) is 10.1 Å². The normalized spacial score (nSPS) is 13.5. The molecule has 3 aromatic rings. The summed E-state index contributed by atoms with van der Waals surface area (Å²) in [5, 5.41) is 7.88. The lowest BCUT2D eigenvalue weighted by Gasteiger charge is -2.05. The smallest absolute Gasteiger partial charge is 0.224 e. The highest BCUT2D eigenvalue weighted by Gasteiger charge is 2.15. The summed E-state index contributed by atoms with van der Waals surface area (Å²) in [6.07, 6.45) is 2.64. The van der Waals surface area contributed by atoms with E-state index in [1.165, 1.54) is 5.56 Å². The number of halogens is 1. The summed E-state index contributed by atoms with van der Waals surface area (Å²) in [6, 6.07) is 6.04. The van der Waals surface area contributed by atoms with Gasteiger partial charge in [0.25, 0.3) is 0 Å². The maximum absolute atomic E-state index is 5.95. The third-order valence-electron chi connectivity index (χ3n) is 3.25. The summed E-state index contributed by atoms with van der Waals surface area (Å²) in [6.45, 7) is 0.741. The van der Waals surface area contributed by atoms with E-state index in [0.29, 0.717) is 5.65 Å². The standard InChI is InChI=1S/C13H9ClN4O/c14-13-16-11(9-6-15-18-12(9)17-13)8-1-2-10-7(5-8)3-4-19-10/h1-2,5-6H,3-4H2,(H,15,16,17,18). The highest BCUT2D eigenvalue weighted by atomic mass is 35.5. The van der Waals surface area contributed by atoms with Crippen LogP contribution in [0.5, 0.6) is 5.75 Å². The second-order valence-corrected chi connectivity index (χ2v) is 4.73. The average molecular weight is 273 g/mol. The zero-order chi connectivity index (χ0) is 12.8. The van der Waals surface area contributed by atoms with Gasteiger partial charge in [-0.05, 0) is 35.4 Å². The van der Waals surface area contributed by atoms with Crippen LogP contribution in [-0.2, 0) is 6.42 Å². The molecule has 1 aliphatic rings. The van der Waals surface area contributed by atoms with Crippen LogP contribution in [0.25, 0.3) is 22.3 Å². The van der Waals surface area contributed by atoms with E-state index in [0.717, 1.165) is 35.4 Å². The molecule has 1 aliphatic heterocycles. The van der Waals surface area contributed by atoms with Gasteiger partial charge in [0.05, 0.1) is 23.9 Å². The number of aromatic nitrogens is 4. The van der Waals surface area contributed by atoms with Crippen LogP contribution < -0.4 is 4.74 Å². The van der Waals surface area contributed by atoms with Crippen molar-refractivity contribution in [2.75, 3.05) is 6.61 Å². The molecule has 4 rings (SSSR count). The molecule has 19 heavy (non-hydrogen) atoms. The lowest BCUT2D eigenvalue weighted by Crippen LogP contribution is -1.90. The van der Waals surface area contributed by atoms with Crippen molar-refractivity contribution in [3.63, 3.8) is 0 Å². The molecule has 0 spiro atoms. The minimum Gasteiger partial charge on any atom is -0.493 e. The molecule has 0 bridgehead atoms. The zero-order valence-electron chi connectivity index (χ0n) is 9.85. The molecule has 0 unspecified atom stereocenters. The van der Waals surface area contributed by atoms with Gasteiger partial charge in [0, 0.05) is 12.0 Å². The Balaban J connectivity index is 1.96. The largest absolute Gasteiger partial charge is 0.493 e. The van der Waals surface area contributed by atoms with Gasteiger partial charge >= 0.3 is 0 Å². The van der Waals surface area contributed by atoms with Gasteiger partial charge in [0.2, 0.25) is 5.28 Å². The Hall–Kier alpha value is -2.14. The number of nitrogens with one attached hydrogen (secondary N) is 1. The highest BCUT2D eigenvalue weighted by Crippen LogP contribution is 2.32. The molecule has 1 aromatic carbocycles. The Morgan fingerprint density at radius 3 is 3.16 bits per heavy atom. The van der Waals surface area contributed by atoms with E-state index in [-0.39, 0.29) is 5.28 Å². The zero-order valence-corrected chi connectivity index (χ0v) is 10.6. The lowest BCUT2D eigenvalue weighted by molar-refractivity contribution is 0.357. The van der Waals surface area contributed by atoms with E-state index >= 15 is 0 Å². The molecular formula is C13H9ClN4O. The molecule has 2 aromatic heterocycles. The molecular weight excluding hydrogens is 264 g/mol. The van der Waals surface area contributed by atoms with Crippen molar-refractivity contribution >= 4 is 22.6 Å². The first-order valence-electron chi connectivity index (χ1n) is 5.94. The van der Waals surface area contributed by atoms with Gasteiger partial charge < -0.3 is 4.74 Å². The van der Waals surface area contributed by atoms with E-state index < -0.39 is 0 Å². The number of ether oxygens (including phenoxy) is 1. The molecule has 0 atom stereocenters. The first kappa shape index (κ1) is 10.8. The molecule has 0 saturated heterocycles. The van der Waals surface area contributed by atoms with Crippen LogP contribution in [0.4, 0.5) is 0 Å². The molecule has 6 heteroatoms. The van der Waals surface area contributed by atoms with Crippen LogP contribution in [0.3, 0.4) is 0 Å². The number of aromatic amines is 1. The Labute approximate surface area is 113 Å². The summed E-state index contributed by atoms with van der Waals surface area (Å²) in [5.41, 5.74) is 3.63. The van der Waals surface area contributed by atoms with Crippen LogP contribution in [0.15, 0.2) is 24.4 Å². The average Bonchev–Trinajstić information content (AvgIpc) is 3.04. The second-order valence-electron chi connectivity index (χ2n) is 4.39. The van der Waals surface area contributed by atoms with Crippen LogP contribution in [0.1, 0.15) is 5.56 Å². The molecule has 94 valence electrons. The topological polar surface area (TPSA) is 63.7 Å². The molecule has 0 amide bonds. The predicted octanol–water partition coefficient (Wildman–Crippen LogP) is 2.61. The van der Waals surface area contributed by atoms with Gasteiger partial charge in [-0.3, -0.25) is 5.10 Å². The monoisotopic (exact) mass is 272 g/mol. The van der Waals surface area contributed by atoms with Crippen molar-refractivity contribution < 1.29 is 4.74 Å². The number of rotatable bonds is 1. The fraction of sp³-hybridized carbons (Fsp3) is 0.154. The summed E-state index contributed by atoms with van der Waals surface area (Å²) in [5.74, 6) is 0.951. The molecule has 0 fully saturated rings. The molecule has 0 aliphatic carbocycles. The van der Waals surface area contributed by atoms with Crippen molar-refractivity contribution in [3.05, 3.63) is 35.2 Å². The summed E-state index contributed by atoms with van der Waals surface area (Å²) in [4.78, 5) is 8.43. The van der Waals surface area contributed by atoms with E-state index in [2.05, 4.69) is 26.2 Å². The summed E-state index contributed by atoms with van der Waals surface area (Å²) < 4.78 is 5.51. The summed E-state index contributed by atoms with van der Waals surface area (Å²) in [7, 11) is 0. The van der Waals surface area contributed by atoms with Gasteiger partial charge in [0.15, 0.2) is 5.65 Å². The van der Waals surface area contributed by atoms with Gasteiger partial charge in [-0.15, -0.1) is 0 Å². The lowest BCUT2D eigenvalue weighted by atomic mass is 10.0. The van der Waals surface area contributed by atoms with Crippen molar-refractivity contribution in [2.45, 2.75) is 6.42 Å². The molecule has 0 saturated carbocycles. The summed E-state index contributed by atoms with van der Waals surface area (Å²) >= 11 is 5.95. The van der Waals surface area contributed by atoms with Crippen molar-refractivity contribution in [1.82, 2.24) is 20.2 Å². The highest BCUT2D eigenvalue weighted by molar-refractivity contribution is 6.28. The van der Waals surface area contributed by atoms with Crippen molar-refractivity contribution in [1.29, 1.82) is 0 Å². The van der Waals surface area contributed by atoms with E-state index in [1.807, 2.05) is 12.1 Å². The van der Waals surface area contributed by atoms with Crippen molar-refractivity contribution in [3.8, 4) is 17.0 Å². The molecule has 3 heterocycles. The Kier molecular flexibility index (Phi) is 2.22. The fourth-order valence-electron chi connectivity index (χ4n) is 2.36. The fourth-order valence-corrected chi connectivity index (χ4v) is 2.53. The molecule has 5 nitrogen and oxygen atoms in total. The number of H-pyrrole nitrogens is 1. The third kappa shape index (κ3) is 1.66. The second kappa shape index (κ2) is 3.93. The SMILES string of the molecule is Clc1nc(-c2ccc3c(c2)CCO3)c2cn[nH]c2n1. The van der Waals surface area contributed by atoms with Crippen LogP contribution in [0.2, 0.25) is 5.28 Å². The minimum atomic E-state index is 0.212. The first-order chi connectivity index (χ1) is 9.31. The van der Waals surface area contributed by atoms with Crippen LogP contribution in [0, 0.1) is 0 Å². The van der Waals surface area contributed by atoms with E-state index in [4.69, 9.17) is 16.3 Å².